The molecule has 2 saturated heterocycles. The van der Waals surface area contributed by atoms with Crippen LogP contribution in [0.5, 0.6) is 0 Å². The van der Waals surface area contributed by atoms with E-state index in [0.29, 0.717) is 19.6 Å². The minimum Gasteiger partial charge on any atom is -0.303 e. The monoisotopic (exact) mass is 309 g/mol. The van der Waals surface area contributed by atoms with Gasteiger partial charge >= 0.3 is 0 Å². The third kappa shape index (κ3) is 2.99. The summed E-state index contributed by atoms with van der Waals surface area (Å²) in [5, 5.41) is 0. The average Bonchev–Trinajstić information content (AvgIpc) is 3.03. The normalized spacial score (nSPS) is 26.2. The summed E-state index contributed by atoms with van der Waals surface area (Å²) in [5.41, 5.74) is 1.08. The summed E-state index contributed by atoms with van der Waals surface area (Å²) in [6.45, 7) is 3.43. The van der Waals surface area contributed by atoms with Crippen molar-refractivity contribution >= 4 is 10.2 Å². The number of benzene rings is 1. The Labute approximate surface area is 127 Å². The number of hydrogen-bond donors (Lipinski definition) is 0. The first kappa shape index (κ1) is 15.0. The van der Waals surface area contributed by atoms with E-state index in [0.717, 1.165) is 31.5 Å². The van der Waals surface area contributed by atoms with Gasteiger partial charge in [0, 0.05) is 32.7 Å². The first-order chi connectivity index (χ1) is 10.1. The molecule has 0 radical (unpaired) electrons. The molecule has 2 aliphatic heterocycles. The molecule has 5 nitrogen and oxygen atoms in total. The minimum absolute atomic E-state index is 0.0875. The van der Waals surface area contributed by atoms with Gasteiger partial charge < -0.3 is 4.90 Å². The van der Waals surface area contributed by atoms with E-state index in [1.165, 1.54) is 0 Å². The molecular formula is C15H23N3O2S. The van der Waals surface area contributed by atoms with Gasteiger partial charge in [0.05, 0.1) is 6.04 Å². The Kier molecular flexibility index (Phi) is 4.31. The van der Waals surface area contributed by atoms with Gasteiger partial charge in [-0.05, 0) is 25.5 Å². The van der Waals surface area contributed by atoms with Gasteiger partial charge in [-0.25, -0.2) is 0 Å². The number of piperazine rings is 1. The van der Waals surface area contributed by atoms with Crippen LogP contribution in [0.2, 0.25) is 0 Å². The number of nitrogens with zero attached hydrogens (tertiary/aromatic N) is 3. The highest BCUT2D eigenvalue weighted by molar-refractivity contribution is 7.86. The van der Waals surface area contributed by atoms with E-state index in [1.807, 2.05) is 30.3 Å². The highest BCUT2D eigenvalue weighted by Crippen LogP contribution is 2.30. The SMILES string of the molecule is CN1CCN(S(=O)(=O)N2CCCC2)C(c2ccccc2)C1. The van der Waals surface area contributed by atoms with Crippen LogP contribution in [0.15, 0.2) is 30.3 Å². The van der Waals surface area contributed by atoms with Gasteiger partial charge in [0.25, 0.3) is 10.2 Å². The van der Waals surface area contributed by atoms with Crippen LogP contribution in [0.1, 0.15) is 24.4 Å². The van der Waals surface area contributed by atoms with Gasteiger partial charge in [-0.15, -0.1) is 0 Å². The molecule has 1 aromatic carbocycles. The second-order valence-electron chi connectivity index (χ2n) is 5.91. The van der Waals surface area contributed by atoms with E-state index in [4.69, 9.17) is 0 Å². The molecule has 21 heavy (non-hydrogen) atoms. The Balaban J connectivity index is 1.91. The van der Waals surface area contributed by atoms with Crippen molar-refractivity contribution in [2.24, 2.45) is 0 Å². The first-order valence-electron chi connectivity index (χ1n) is 7.59. The molecule has 1 atom stereocenters. The third-order valence-electron chi connectivity index (χ3n) is 4.41. The lowest BCUT2D eigenvalue weighted by molar-refractivity contribution is 0.153. The fourth-order valence-corrected chi connectivity index (χ4v) is 5.03. The molecule has 116 valence electrons. The summed E-state index contributed by atoms with van der Waals surface area (Å²) in [7, 11) is -1.29. The van der Waals surface area contributed by atoms with Gasteiger partial charge in [0.1, 0.15) is 0 Å². The first-order valence-corrected chi connectivity index (χ1v) is 8.99. The summed E-state index contributed by atoms with van der Waals surface area (Å²) >= 11 is 0. The zero-order valence-corrected chi connectivity index (χ0v) is 13.3. The van der Waals surface area contributed by atoms with Crippen LogP contribution in [-0.4, -0.2) is 61.7 Å². The number of hydrogen-bond acceptors (Lipinski definition) is 3. The van der Waals surface area contributed by atoms with Crippen LogP contribution in [0.3, 0.4) is 0 Å². The zero-order valence-electron chi connectivity index (χ0n) is 12.5. The predicted octanol–water partition coefficient (Wildman–Crippen LogP) is 1.32. The lowest BCUT2D eigenvalue weighted by atomic mass is 10.1. The van der Waals surface area contributed by atoms with Crippen molar-refractivity contribution < 1.29 is 8.42 Å². The van der Waals surface area contributed by atoms with Crippen molar-refractivity contribution in [3.63, 3.8) is 0 Å². The quantitative estimate of drug-likeness (QED) is 0.846. The maximum Gasteiger partial charge on any atom is 0.282 e. The van der Waals surface area contributed by atoms with E-state index < -0.39 is 10.2 Å². The van der Waals surface area contributed by atoms with Crippen LogP contribution in [0.25, 0.3) is 0 Å². The lowest BCUT2D eigenvalue weighted by Gasteiger charge is -2.40. The third-order valence-corrected chi connectivity index (χ3v) is 6.45. The van der Waals surface area contributed by atoms with Crippen molar-refractivity contribution in [2.75, 3.05) is 39.8 Å². The highest BCUT2D eigenvalue weighted by Gasteiger charge is 2.39. The molecule has 1 aromatic rings. The fourth-order valence-electron chi connectivity index (χ4n) is 3.19. The van der Waals surface area contributed by atoms with E-state index in [-0.39, 0.29) is 6.04 Å². The molecular weight excluding hydrogens is 286 g/mol. The van der Waals surface area contributed by atoms with Crippen molar-refractivity contribution in [3.8, 4) is 0 Å². The molecule has 0 aliphatic carbocycles. The predicted molar refractivity (Wildman–Crippen MR) is 83.1 cm³/mol. The van der Waals surface area contributed by atoms with E-state index in [2.05, 4.69) is 11.9 Å². The Hall–Kier alpha value is -0.950. The molecule has 0 N–H and O–H groups in total. The average molecular weight is 309 g/mol. The largest absolute Gasteiger partial charge is 0.303 e. The van der Waals surface area contributed by atoms with E-state index in [1.54, 1.807) is 8.61 Å². The molecule has 0 amide bonds. The van der Waals surface area contributed by atoms with Crippen molar-refractivity contribution in [1.82, 2.24) is 13.5 Å². The summed E-state index contributed by atoms with van der Waals surface area (Å²) in [5.74, 6) is 0. The second-order valence-corrected chi connectivity index (χ2v) is 7.79. The Morgan fingerprint density at radius 1 is 1.00 bits per heavy atom. The van der Waals surface area contributed by atoms with Gasteiger partial charge in [-0.2, -0.15) is 17.0 Å². The van der Waals surface area contributed by atoms with Gasteiger partial charge in [-0.1, -0.05) is 30.3 Å². The van der Waals surface area contributed by atoms with Crippen LogP contribution >= 0.6 is 0 Å². The molecule has 6 heteroatoms. The van der Waals surface area contributed by atoms with Gasteiger partial charge in [0.2, 0.25) is 0 Å². The zero-order chi connectivity index (χ0) is 14.9. The van der Waals surface area contributed by atoms with E-state index in [9.17, 15) is 8.42 Å². The van der Waals surface area contributed by atoms with Crippen molar-refractivity contribution in [2.45, 2.75) is 18.9 Å². The molecule has 3 rings (SSSR count). The van der Waals surface area contributed by atoms with Crippen LogP contribution in [0.4, 0.5) is 0 Å². The second kappa shape index (κ2) is 6.04. The minimum atomic E-state index is -3.34. The summed E-state index contributed by atoms with van der Waals surface area (Å²) < 4.78 is 29.2. The summed E-state index contributed by atoms with van der Waals surface area (Å²) in [6.07, 6.45) is 1.95. The van der Waals surface area contributed by atoms with Crippen molar-refractivity contribution in [1.29, 1.82) is 0 Å². The topological polar surface area (TPSA) is 43.9 Å². The standard InChI is InChI=1S/C15H23N3O2S/c1-16-11-12-18(21(19,20)17-9-5-6-10-17)15(13-16)14-7-3-2-4-8-14/h2-4,7-8,15H,5-6,9-13H2,1H3. The fraction of sp³-hybridized carbons (Fsp3) is 0.600. The number of likely N-dealkylation sites (N-methyl/N-ethyl adjacent to an activating group) is 1. The molecule has 0 aromatic heterocycles. The summed E-state index contributed by atoms with van der Waals surface area (Å²) in [6, 6.07) is 9.88. The molecule has 0 spiro atoms. The molecule has 2 aliphatic rings. The molecule has 1 unspecified atom stereocenters. The Morgan fingerprint density at radius 2 is 1.67 bits per heavy atom. The van der Waals surface area contributed by atoms with E-state index >= 15 is 0 Å². The maximum atomic E-state index is 12.9. The smallest absolute Gasteiger partial charge is 0.282 e. The van der Waals surface area contributed by atoms with Gasteiger partial charge in [-0.3, -0.25) is 0 Å². The number of rotatable bonds is 3. The van der Waals surface area contributed by atoms with Crippen LogP contribution < -0.4 is 0 Å². The van der Waals surface area contributed by atoms with Crippen LogP contribution in [0, 0.1) is 0 Å². The van der Waals surface area contributed by atoms with Crippen LogP contribution in [-0.2, 0) is 10.2 Å². The molecule has 0 bridgehead atoms. The maximum absolute atomic E-state index is 12.9. The molecule has 2 fully saturated rings. The molecule has 2 heterocycles. The van der Waals surface area contributed by atoms with Gasteiger partial charge in [0.15, 0.2) is 0 Å². The lowest BCUT2D eigenvalue weighted by Crippen LogP contribution is -2.53. The Bertz CT molecular complexity index is 570. The highest BCUT2D eigenvalue weighted by atomic mass is 32.2. The molecule has 0 saturated carbocycles. The Morgan fingerprint density at radius 3 is 2.33 bits per heavy atom. The van der Waals surface area contributed by atoms with Crippen molar-refractivity contribution in [3.05, 3.63) is 35.9 Å². The summed E-state index contributed by atoms with van der Waals surface area (Å²) in [4.78, 5) is 2.20.